The number of nitrogens with zero attached hydrogens (tertiary/aromatic N) is 1. The van der Waals surface area contributed by atoms with Crippen molar-refractivity contribution in [3.63, 3.8) is 0 Å². The quantitative estimate of drug-likeness (QED) is 0.629. The zero-order valence-corrected chi connectivity index (χ0v) is 14.7. The second-order valence-corrected chi connectivity index (χ2v) is 6.12. The summed E-state index contributed by atoms with van der Waals surface area (Å²) in [7, 11) is 1.36. The summed E-state index contributed by atoms with van der Waals surface area (Å²) in [6, 6.07) is 8.94. The van der Waals surface area contributed by atoms with Gasteiger partial charge in [0.25, 0.3) is 17.7 Å². The van der Waals surface area contributed by atoms with E-state index < -0.39 is 30.3 Å². The number of imide groups is 1. The van der Waals surface area contributed by atoms with E-state index in [1.165, 1.54) is 25.2 Å². The van der Waals surface area contributed by atoms with Crippen LogP contribution in [0.3, 0.4) is 0 Å². The summed E-state index contributed by atoms with van der Waals surface area (Å²) < 4.78 is 15.4. The van der Waals surface area contributed by atoms with Crippen molar-refractivity contribution < 1.29 is 33.4 Å². The lowest BCUT2D eigenvalue weighted by molar-refractivity contribution is -0.119. The summed E-state index contributed by atoms with van der Waals surface area (Å²) in [4.78, 5) is 49.0. The maximum Gasteiger partial charge on any atom is 0.338 e. The number of fused-ring (bicyclic) bond motifs is 2. The highest BCUT2D eigenvalue weighted by atomic mass is 16.7. The van der Waals surface area contributed by atoms with Crippen LogP contribution in [0.5, 0.6) is 11.5 Å². The highest BCUT2D eigenvalue weighted by Gasteiger charge is 2.33. The van der Waals surface area contributed by atoms with Gasteiger partial charge in [0.1, 0.15) is 0 Å². The second kappa shape index (κ2) is 6.69. The number of nitrogens with one attached hydrogen (secondary N) is 1. The number of amides is 3. The van der Waals surface area contributed by atoms with Crippen LogP contribution in [0.25, 0.3) is 0 Å². The maximum atomic E-state index is 12.2. The van der Waals surface area contributed by atoms with E-state index >= 15 is 0 Å². The summed E-state index contributed by atoms with van der Waals surface area (Å²) in [6.45, 7) is -0.397. The van der Waals surface area contributed by atoms with Crippen LogP contribution in [0.1, 0.15) is 31.1 Å². The first-order valence-electron chi connectivity index (χ1n) is 8.27. The van der Waals surface area contributed by atoms with Gasteiger partial charge in [-0.3, -0.25) is 19.3 Å². The molecule has 2 aliphatic rings. The average Bonchev–Trinajstić information content (AvgIpc) is 3.25. The third kappa shape index (κ3) is 3.02. The van der Waals surface area contributed by atoms with Crippen molar-refractivity contribution in [2.75, 3.05) is 25.8 Å². The number of rotatable bonds is 4. The Labute approximate surface area is 158 Å². The van der Waals surface area contributed by atoms with Gasteiger partial charge in [0.2, 0.25) is 6.79 Å². The molecule has 0 saturated carbocycles. The zero-order chi connectivity index (χ0) is 19.8. The van der Waals surface area contributed by atoms with Gasteiger partial charge in [-0.2, -0.15) is 0 Å². The van der Waals surface area contributed by atoms with E-state index in [9.17, 15) is 19.2 Å². The fraction of sp³-hybridized carbons (Fsp3) is 0.158. The summed E-state index contributed by atoms with van der Waals surface area (Å²) >= 11 is 0. The molecule has 1 N–H and O–H groups in total. The molecular weight excluding hydrogens is 368 g/mol. The maximum absolute atomic E-state index is 12.2. The predicted octanol–water partition coefficient (Wildman–Crippen LogP) is 1.44. The largest absolute Gasteiger partial charge is 0.454 e. The molecule has 4 rings (SSSR count). The molecule has 142 valence electrons. The summed E-state index contributed by atoms with van der Waals surface area (Å²) in [5, 5.41) is 2.58. The SMILES string of the molecule is CN1C(=O)c2ccc(C(=O)OCC(=O)Nc3ccc4c(c3)OCO4)cc2C1=O. The van der Waals surface area contributed by atoms with Crippen molar-refractivity contribution >= 4 is 29.4 Å². The van der Waals surface area contributed by atoms with Crippen LogP contribution in [-0.2, 0) is 9.53 Å². The molecule has 0 saturated heterocycles. The van der Waals surface area contributed by atoms with E-state index in [2.05, 4.69) is 5.32 Å². The molecule has 9 nitrogen and oxygen atoms in total. The lowest BCUT2D eigenvalue weighted by atomic mass is 10.1. The molecule has 0 aliphatic carbocycles. The number of ether oxygens (including phenoxy) is 3. The van der Waals surface area contributed by atoms with Crippen molar-refractivity contribution in [3.05, 3.63) is 53.1 Å². The predicted molar refractivity (Wildman–Crippen MR) is 94.3 cm³/mol. The second-order valence-electron chi connectivity index (χ2n) is 6.12. The number of anilines is 1. The highest BCUT2D eigenvalue weighted by Crippen LogP contribution is 2.34. The summed E-state index contributed by atoms with van der Waals surface area (Å²) in [6.07, 6.45) is 0. The van der Waals surface area contributed by atoms with Crippen LogP contribution < -0.4 is 14.8 Å². The molecule has 28 heavy (non-hydrogen) atoms. The number of carbonyl (C=O) groups is 4. The van der Waals surface area contributed by atoms with Gasteiger partial charge in [-0.15, -0.1) is 0 Å². The van der Waals surface area contributed by atoms with E-state index in [4.69, 9.17) is 14.2 Å². The van der Waals surface area contributed by atoms with E-state index in [1.54, 1.807) is 18.2 Å². The number of benzene rings is 2. The van der Waals surface area contributed by atoms with Crippen LogP contribution in [0.2, 0.25) is 0 Å². The van der Waals surface area contributed by atoms with Gasteiger partial charge in [-0.25, -0.2) is 4.79 Å². The van der Waals surface area contributed by atoms with Crippen molar-refractivity contribution in [1.82, 2.24) is 4.90 Å². The molecule has 2 aromatic carbocycles. The van der Waals surface area contributed by atoms with Crippen molar-refractivity contribution in [3.8, 4) is 11.5 Å². The Morgan fingerprint density at radius 3 is 2.61 bits per heavy atom. The molecule has 2 heterocycles. The first-order chi connectivity index (χ1) is 13.4. The van der Waals surface area contributed by atoms with Gasteiger partial charge in [-0.05, 0) is 30.3 Å². The van der Waals surface area contributed by atoms with Gasteiger partial charge in [0, 0.05) is 18.8 Å². The smallest absolute Gasteiger partial charge is 0.338 e. The number of hydrogen-bond donors (Lipinski definition) is 1. The van der Waals surface area contributed by atoms with E-state index in [1.807, 2.05) is 0 Å². The Bertz CT molecular complexity index is 1030. The molecular formula is C19H14N2O7. The zero-order valence-electron chi connectivity index (χ0n) is 14.7. The van der Waals surface area contributed by atoms with E-state index in [0.717, 1.165) is 4.90 Å². The lowest BCUT2D eigenvalue weighted by Gasteiger charge is -2.08. The molecule has 2 aliphatic heterocycles. The summed E-state index contributed by atoms with van der Waals surface area (Å²) in [5.41, 5.74) is 0.900. The van der Waals surface area contributed by atoms with E-state index in [0.29, 0.717) is 17.2 Å². The van der Waals surface area contributed by atoms with Gasteiger partial charge < -0.3 is 19.5 Å². The molecule has 3 amide bonds. The fourth-order valence-corrected chi connectivity index (χ4v) is 2.87. The van der Waals surface area contributed by atoms with Gasteiger partial charge in [0.15, 0.2) is 18.1 Å². The Hall–Kier alpha value is -3.88. The summed E-state index contributed by atoms with van der Waals surface area (Å²) in [5.74, 6) is -1.15. The van der Waals surface area contributed by atoms with Crippen LogP contribution in [0, 0.1) is 0 Å². The minimum absolute atomic E-state index is 0.0751. The first-order valence-corrected chi connectivity index (χ1v) is 8.27. The van der Waals surface area contributed by atoms with Gasteiger partial charge in [-0.1, -0.05) is 0 Å². The molecule has 0 aromatic heterocycles. The number of hydrogen-bond acceptors (Lipinski definition) is 7. The van der Waals surface area contributed by atoms with Crippen molar-refractivity contribution in [1.29, 1.82) is 0 Å². The number of carbonyl (C=O) groups excluding carboxylic acids is 4. The first kappa shape index (κ1) is 17.5. The van der Waals surface area contributed by atoms with Gasteiger partial charge in [0.05, 0.1) is 16.7 Å². The van der Waals surface area contributed by atoms with Crippen LogP contribution >= 0.6 is 0 Å². The third-order valence-corrected chi connectivity index (χ3v) is 4.32. The Kier molecular flexibility index (Phi) is 4.19. The minimum atomic E-state index is -0.779. The standard InChI is InChI=1S/C19H14N2O7/c1-21-17(23)12-4-2-10(6-13(12)18(21)24)19(25)26-8-16(22)20-11-3-5-14-15(7-11)28-9-27-14/h2-7H,8-9H2,1H3,(H,20,22). The topological polar surface area (TPSA) is 111 Å². The molecule has 0 atom stereocenters. The Morgan fingerprint density at radius 2 is 1.79 bits per heavy atom. The fourth-order valence-electron chi connectivity index (χ4n) is 2.87. The van der Waals surface area contributed by atoms with E-state index in [-0.39, 0.29) is 23.5 Å². The van der Waals surface area contributed by atoms with Gasteiger partial charge >= 0.3 is 5.97 Å². The molecule has 0 unspecified atom stereocenters. The third-order valence-electron chi connectivity index (χ3n) is 4.32. The molecule has 0 radical (unpaired) electrons. The number of esters is 1. The molecule has 0 spiro atoms. The van der Waals surface area contributed by atoms with Crippen molar-refractivity contribution in [2.24, 2.45) is 0 Å². The minimum Gasteiger partial charge on any atom is -0.454 e. The normalized spacial score (nSPS) is 14.1. The Morgan fingerprint density at radius 1 is 1.04 bits per heavy atom. The average molecular weight is 382 g/mol. The van der Waals surface area contributed by atoms with Crippen LogP contribution in [-0.4, -0.2) is 49.0 Å². The lowest BCUT2D eigenvalue weighted by Crippen LogP contribution is -2.24. The van der Waals surface area contributed by atoms with Crippen LogP contribution in [0.4, 0.5) is 5.69 Å². The Balaban J connectivity index is 1.38. The van der Waals surface area contributed by atoms with Crippen molar-refractivity contribution in [2.45, 2.75) is 0 Å². The molecule has 2 aromatic rings. The highest BCUT2D eigenvalue weighted by molar-refractivity contribution is 6.21. The molecule has 0 bridgehead atoms. The molecule has 9 heteroatoms. The monoisotopic (exact) mass is 382 g/mol. The van der Waals surface area contributed by atoms with Crippen LogP contribution in [0.15, 0.2) is 36.4 Å². The molecule has 0 fully saturated rings.